The first kappa shape index (κ1) is 13.8. The normalized spacial score (nSPS) is 10.4. The van der Waals surface area contributed by atoms with Gasteiger partial charge < -0.3 is 4.74 Å². The van der Waals surface area contributed by atoms with Crippen LogP contribution in [0.15, 0.2) is 36.4 Å². The topological polar surface area (TPSA) is 43.4 Å². The summed E-state index contributed by atoms with van der Waals surface area (Å²) in [4.78, 5) is 22.4. The van der Waals surface area contributed by atoms with Gasteiger partial charge in [-0.2, -0.15) is 0 Å². The van der Waals surface area contributed by atoms with E-state index >= 15 is 0 Å². The van der Waals surface area contributed by atoms with E-state index in [9.17, 15) is 9.59 Å². The molecule has 0 fully saturated rings. The SMILES string of the molecule is O=C(CCCl)Oc1ccc2cc(C(=O)Cl)ccc2c1. The highest BCUT2D eigenvalue weighted by atomic mass is 35.5. The standard InChI is InChI=1S/C14H10Cl2O3/c15-6-5-13(17)19-12-4-3-9-7-11(14(16)18)2-1-10(9)8-12/h1-4,7-8H,5-6H2. The molecule has 2 rings (SSSR count). The predicted octanol–water partition coefficient (Wildman–Crippen LogP) is 3.75. The first-order chi connectivity index (χ1) is 9.10. The van der Waals surface area contributed by atoms with Gasteiger partial charge in [0.05, 0.1) is 6.42 Å². The Morgan fingerprint density at radius 3 is 2.42 bits per heavy atom. The molecule has 2 aromatic carbocycles. The van der Waals surface area contributed by atoms with Gasteiger partial charge in [0.1, 0.15) is 5.75 Å². The van der Waals surface area contributed by atoms with Crippen molar-refractivity contribution >= 4 is 45.2 Å². The Labute approximate surface area is 120 Å². The van der Waals surface area contributed by atoms with E-state index in [0.29, 0.717) is 11.3 Å². The largest absolute Gasteiger partial charge is 0.426 e. The number of carbonyl (C=O) groups is 2. The number of carbonyl (C=O) groups excluding carboxylic acids is 2. The fourth-order valence-electron chi connectivity index (χ4n) is 1.67. The zero-order chi connectivity index (χ0) is 13.8. The minimum absolute atomic E-state index is 0.166. The number of fused-ring (bicyclic) bond motifs is 1. The number of ether oxygens (including phenoxy) is 1. The van der Waals surface area contributed by atoms with Gasteiger partial charge >= 0.3 is 5.97 Å². The van der Waals surface area contributed by atoms with Crippen molar-refractivity contribution in [1.29, 1.82) is 0 Å². The maximum atomic E-state index is 11.3. The Hall–Kier alpha value is -1.58. The Morgan fingerprint density at radius 1 is 1.05 bits per heavy atom. The van der Waals surface area contributed by atoms with E-state index in [1.54, 1.807) is 36.4 Å². The Kier molecular flexibility index (Phi) is 4.40. The predicted molar refractivity (Wildman–Crippen MR) is 75.1 cm³/mol. The molecule has 0 saturated carbocycles. The van der Waals surface area contributed by atoms with Crippen LogP contribution in [0.1, 0.15) is 16.8 Å². The Balaban J connectivity index is 2.29. The van der Waals surface area contributed by atoms with Crippen LogP contribution in [0, 0.1) is 0 Å². The maximum Gasteiger partial charge on any atom is 0.312 e. The minimum Gasteiger partial charge on any atom is -0.426 e. The lowest BCUT2D eigenvalue weighted by Gasteiger charge is -2.05. The molecular formula is C14H10Cl2O3. The van der Waals surface area contributed by atoms with Gasteiger partial charge in [-0.15, -0.1) is 11.6 Å². The summed E-state index contributed by atoms with van der Waals surface area (Å²) in [6.45, 7) is 0. The molecule has 0 aliphatic carbocycles. The van der Waals surface area contributed by atoms with Crippen LogP contribution in [0.5, 0.6) is 5.75 Å². The van der Waals surface area contributed by atoms with Gasteiger partial charge in [-0.05, 0) is 46.6 Å². The second kappa shape index (κ2) is 6.04. The molecule has 0 bridgehead atoms. The summed E-state index contributed by atoms with van der Waals surface area (Å²) in [5.74, 6) is 0.308. The lowest BCUT2D eigenvalue weighted by molar-refractivity contribution is -0.133. The molecule has 5 heteroatoms. The molecule has 0 amide bonds. The highest BCUT2D eigenvalue weighted by Crippen LogP contribution is 2.23. The number of halogens is 2. The molecule has 19 heavy (non-hydrogen) atoms. The second-order valence-corrected chi connectivity index (χ2v) is 4.63. The van der Waals surface area contributed by atoms with E-state index in [2.05, 4.69) is 0 Å². The van der Waals surface area contributed by atoms with E-state index in [1.165, 1.54) is 0 Å². The third kappa shape index (κ3) is 3.46. The van der Waals surface area contributed by atoms with Gasteiger partial charge in [-0.25, -0.2) is 0 Å². The third-order valence-electron chi connectivity index (χ3n) is 2.57. The number of hydrogen-bond acceptors (Lipinski definition) is 3. The van der Waals surface area contributed by atoms with Crippen molar-refractivity contribution in [2.75, 3.05) is 5.88 Å². The van der Waals surface area contributed by atoms with Gasteiger partial charge in [0.25, 0.3) is 5.24 Å². The molecule has 3 nitrogen and oxygen atoms in total. The zero-order valence-electron chi connectivity index (χ0n) is 9.86. The number of rotatable bonds is 4. The molecule has 98 valence electrons. The number of benzene rings is 2. The van der Waals surface area contributed by atoms with Gasteiger partial charge in [0.15, 0.2) is 0 Å². The molecule has 2 aromatic rings. The van der Waals surface area contributed by atoms with Crippen molar-refractivity contribution in [3.63, 3.8) is 0 Å². The fraction of sp³-hybridized carbons (Fsp3) is 0.143. The highest BCUT2D eigenvalue weighted by Gasteiger charge is 2.06. The maximum absolute atomic E-state index is 11.3. The van der Waals surface area contributed by atoms with Crippen molar-refractivity contribution in [2.24, 2.45) is 0 Å². The zero-order valence-corrected chi connectivity index (χ0v) is 11.4. The minimum atomic E-state index is -0.500. The van der Waals surface area contributed by atoms with Gasteiger partial charge in [0, 0.05) is 11.4 Å². The average Bonchev–Trinajstić information content (AvgIpc) is 2.38. The Morgan fingerprint density at radius 2 is 1.74 bits per heavy atom. The molecular weight excluding hydrogens is 287 g/mol. The smallest absolute Gasteiger partial charge is 0.312 e. The lowest BCUT2D eigenvalue weighted by Crippen LogP contribution is -2.07. The van der Waals surface area contributed by atoms with Crippen molar-refractivity contribution in [2.45, 2.75) is 6.42 Å². The summed E-state index contributed by atoms with van der Waals surface area (Å²) in [6, 6.07) is 10.2. The molecule has 0 aromatic heterocycles. The van der Waals surface area contributed by atoms with Gasteiger partial charge in [-0.3, -0.25) is 9.59 Å². The summed E-state index contributed by atoms with van der Waals surface area (Å²) in [7, 11) is 0. The van der Waals surface area contributed by atoms with E-state index in [0.717, 1.165) is 10.8 Å². The first-order valence-electron chi connectivity index (χ1n) is 5.60. The molecule has 0 radical (unpaired) electrons. The summed E-state index contributed by atoms with van der Waals surface area (Å²) in [5, 5.41) is 1.21. The summed E-state index contributed by atoms with van der Waals surface area (Å²) in [5.41, 5.74) is 0.432. The number of alkyl halides is 1. The van der Waals surface area contributed by atoms with Crippen LogP contribution in [-0.4, -0.2) is 17.1 Å². The van der Waals surface area contributed by atoms with Crippen molar-refractivity contribution < 1.29 is 14.3 Å². The number of esters is 1. The summed E-state index contributed by atoms with van der Waals surface area (Å²) in [6.07, 6.45) is 0.166. The van der Waals surface area contributed by atoms with E-state index < -0.39 is 5.24 Å². The third-order valence-corrected chi connectivity index (χ3v) is 2.98. The molecule has 0 unspecified atom stereocenters. The second-order valence-electron chi connectivity index (χ2n) is 3.91. The van der Waals surface area contributed by atoms with Crippen molar-refractivity contribution in [1.82, 2.24) is 0 Å². The quantitative estimate of drug-likeness (QED) is 0.373. The first-order valence-corrected chi connectivity index (χ1v) is 6.51. The van der Waals surface area contributed by atoms with Crippen LogP contribution in [0.25, 0.3) is 10.8 Å². The molecule has 0 atom stereocenters. The van der Waals surface area contributed by atoms with E-state index in [1.807, 2.05) is 0 Å². The highest BCUT2D eigenvalue weighted by molar-refractivity contribution is 6.67. The Bertz CT molecular complexity index is 638. The molecule has 0 spiro atoms. The van der Waals surface area contributed by atoms with Crippen LogP contribution in [0.4, 0.5) is 0 Å². The molecule has 0 saturated heterocycles. The van der Waals surface area contributed by atoms with Crippen LogP contribution in [0.3, 0.4) is 0 Å². The van der Waals surface area contributed by atoms with Crippen LogP contribution in [-0.2, 0) is 4.79 Å². The van der Waals surface area contributed by atoms with Crippen LogP contribution < -0.4 is 4.74 Å². The molecule has 0 heterocycles. The monoisotopic (exact) mass is 296 g/mol. The van der Waals surface area contributed by atoms with Crippen molar-refractivity contribution in [3.05, 3.63) is 42.0 Å². The summed E-state index contributed by atoms with van der Waals surface area (Å²) < 4.78 is 5.12. The number of hydrogen-bond donors (Lipinski definition) is 0. The lowest BCUT2D eigenvalue weighted by atomic mass is 10.1. The molecule has 0 aliphatic heterocycles. The van der Waals surface area contributed by atoms with Crippen LogP contribution >= 0.6 is 23.2 Å². The van der Waals surface area contributed by atoms with E-state index in [4.69, 9.17) is 27.9 Å². The summed E-state index contributed by atoms with van der Waals surface area (Å²) >= 11 is 10.9. The van der Waals surface area contributed by atoms with Gasteiger partial charge in [-0.1, -0.05) is 12.1 Å². The average molecular weight is 297 g/mol. The molecule has 0 N–H and O–H groups in total. The molecule has 0 aliphatic rings. The van der Waals surface area contributed by atoms with Gasteiger partial charge in [0.2, 0.25) is 0 Å². The fourth-order valence-corrected chi connectivity index (χ4v) is 1.94. The van der Waals surface area contributed by atoms with Crippen molar-refractivity contribution in [3.8, 4) is 5.75 Å². The van der Waals surface area contributed by atoms with Crippen LogP contribution in [0.2, 0.25) is 0 Å². The van der Waals surface area contributed by atoms with E-state index in [-0.39, 0.29) is 18.3 Å².